The molecule has 1 aromatic heterocycles. The van der Waals surface area contributed by atoms with Gasteiger partial charge in [-0.25, -0.2) is 0 Å². The Bertz CT molecular complexity index is 285. The number of hydrogen-bond acceptors (Lipinski definition) is 4. The predicted octanol–water partition coefficient (Wildman–Crippen LogP) is 1.79. The molecule has 84 valence electrons. The molecule has 4 heteroatoms. The number of carbonyl (C=O) groups excluding carboxylic acids is 1. The van der Waals surface area contributed by atoms with E-state index in [-0.39, 0.29) is 5.97 Å². The van der Waals surface area contributed by atoms with Gasteiger partial charge in [-0.15, -0.1) is 0 Å². The zero-order chi connectivity index (χ0) is 11.1. The number of nitrogens with zero attached hydrogens (tertiary/aromatic N) is 1. The summed E-state index contributed by atoms with van der Waals surface area (Å²) < 4.78 is 4.64. The van der Waals surface area contributed by atoms with Crippen molar-refractivity contribution >= 4 is 17.3 Å². The van der Waals surface area contributed by atoms with E-state index in [1.54, 1.807) is 11.3 Å². The lowest BCUT2D eigenvalue weighted by atomic mass is 10.2. The zero-order valence-corrected chi connectivity index (χ0v) is 10.0. The first-order chi connectivity index (χ1) is 7.26. The predicted molar refractivity (Wildman–Crippen MR) is 62.2 cm³/mol. The molecule has 0 saturated carbocycles. The van der Waals surface area contributed by atoms with Gasteiger partial charge in [0.25, 0.3) is 0 Å². The van der Waals surface area contributed by atoms with Crippen molar-refractivity contribution in [3.63, 3.8) is 0 Å². The molecule has 1 heterocycles. The summed E-state index contributed by atoms with van der Waals surface area (Å²) in [7, 11) is 1.43. The summed E-state index contributed by atoms with van der Waals surface area (Å²) in [5.41, 5.74) is 1.34. The third kappa shape index (κ3) is 4.44. The van der Waals surface area contributed by atoms with Crippen molar-refractivity contribution in [1.29, 1.82) is 0 Å². The van der Waals surface area contributed by atoms with E-state index in [9.17, 15) is 4.79 Å². The fourth-order valence-corrected chi connectivity index (χ4v) is 2.02. The van der Waals surface area contributed by atoms with Crippen LogP contribution in [0.3, 0.4) is 0 Å². The highest BCUT2D eigenvalue weighted by Gasteiger charge is 2.08. The van der Waals surface area contributed by atoms with Crippen LogP contribution in [-0.2, 0) is 16.0 Å². The number of rotatable bonds is 6. The van der Waals surface area contributed by atoms with E-state index >= 15 is 0 Å². The molecule has 0 aliphatic rings. The summed E-state index contributed by atoms with van der Waals surface area (Å²) in [5, 5.41) is 4.22. The Kier molecular flexibility index (Phi) is 5.36. The Morgan fingerprint density at radius 3 is 2.93 bits per heavy atom. The number of ether oxygens (including phenoxy) is 1. The molecule has 15 heavy (non-hydrogen) atoms. The Morgan fingerprint density at radius 2 is 2.40 bits per heavy atom. The molecule has 0 radical (unpaired) electrons. The third-order valence-corrected chi connectivity index (χ3v) is 3.06. The standard InChI is InChI=1S/C11H17NO2S/c1-3-12(8-11(13)14-2)6-4-10-5-7-15-9-10/h5,7,9H,3-4,6,8H2,1-2H3. The van der Waals surface area contributed by atoms with Crippen LogP contribution in [0.15, 0.2) is 16.8 Å². The molecule has 0 spiro atoms. The largest absolute Gasteiger partial charge is 0.468 e. The van der Waals surface area contributed by atoms with Gasteiger partial charge in [0.2, 0.25) is 0 Å². The van der Waals surface area contributed by atoms with Gasteiger partial charge in [-0.1, -0.05) is 6.92 Å². The highest BCUT2D eigenvalue weighted by molar-refractivity contribution is 7.07. The van der Waals surface area contributed by atoms with E-state index < -0.39 is 0 Å². The van der Waals surface area contributed by atoms with Gasteiger partial charge >= 0.3 is 5.97 Å². The van der Waals surface area contributed by atoms with E-state index in [0.29, 0.717) is 6.54 Å². The van der Waals surface area contributed by atoms with E-state index in [1.807, 2.05) is 0 Å². The Labute approximate surface area is 94.7 Å². The van der Waals surface area contributed by atoms with Crippen molar-refractivity contribution in [2.45, 2.75) is 13.3 Å². The molecule has 3 nitrogen and oxygen atoms in total. The average molecular weight is 227 g/mol. The first kappa shape index (κ1) is 12.2. The molecule has 1 aromatic rings. The smallest absolute Gasteiger partial charge is 0.319 e. The highest BCUT2D eigenvalue weighted by atomic mass is 32.1. The number of likely N-dealkylation sites (N-methyl/N-ethyl adjacent to an activating group) is 1. The summed E-state index contributed by atoms with van der Waals surface area (Å²) in [4.78, 5) is 13.2. The molecule has 0 atom stereocenters. The molecular weight excluding hydrogens is 210 g/mol. The Morgan fingerprint density at radius 1 is 1.60 bits per heavy atom. The molecule has 0 amide bonds. The minimum Gasteiger partial charge on any atom is -0.468 e. The summed E-state index contributed by atoms with van der Waals surface area (Å²) >= 11 is 1.71. The molecule has 0 fully saturated rings. The lowest BCUT2D eigenvalue weighted by Crippen LogP contribution is -2.32. The van der Waals surface area contributed by atoms with E-state index in [1.165, 1.54) is 12.7 Å². The lowest BCUT2D eigenvalue weighted by molar-refractivity contribution is -0.141. The van der Waals surface area contributed by atoms with Crippen LogP contribution >= 0.6 is 11.3 Å². The van der Waals surface area contributed by atoms with Crippen molar-refractivity contribution in [1.82, 2.24) is 4.90 Å². The van der Waals surface area contributed by atoms with Gasteiger partial charge in [-0.2, -0.15) is 11.3 Å². The van der Waals surface area contributed by atoms with E-state index in [0.717, 1.165) is 19.5 Å². The summed E-state index contributed by atoms with van der Waals surface area (Å²) in [5.74, 6) is -0.165. The summed E-state index contributed by atoms with van der Waals surface area (Å²) in [6.45, 7) is 4.22. The average Bonchev–Trinajstić information content (AvgIpc) is 2.76. The van der Waals surface area contributed by atoms with Crippen molar-refractivity contribution in [3.05, 3.63) is 22.4 Å². The van der Waals surface area contributed by atoms with E-state index in [4.69, 9.17) is 0 Å². The quantitative estimate of drug-likeness (QED) is 0.694. The van der Waals surface area contributed by atoms with Crippen LogP contribution in [-0.4, -0.2) is 37.6 Å². The van der Waals surface area contributed by atoms with E-state index in [2.05, 4.69) is 33.4 Å². The minimum atomic E-state index is -0.165. The molecule has 0 bridgehead atoms. The van der Waals surface area contributed by atoms with Crippen molar-refractivity contribution < 1.29 is 9.53 Å². The summed E-state index contributed by atoms with van der Waals surface area (Å²) in [6.07, 6.45) is 0.994. The van der Waals surface area contributed by atoms with Crippen LogP contribution in [0.4, 0.5) is 0 Å². The van der Waals surface area contributed by atoms with Crippen molar-refractivity contribution in [2.24, 2.45) is 0 Å². The lowest BCUT2D eigenvalue weighted by Gasteiger charge is -2.18. The topological polar surface area (TPSA) is 29.5 Å². The second-order valence-corrected chi connectivity index (χ2v) is 4.11. The van der Waals surface area contributed by atoms with Crippen LogP contribution in [0, 0.1) is 0 Å². The molecule has 0 aliphatic carbocycles. The first-order valence-corrected chi connectivity index (χ1v) is 6.00. The molecule has 0 saturated heterocycles. The number of hydrogen-bond donors (Lipinski definition) is 0. The Hall–Kier alpha value is -0.870. The molecule has 0 N–H and O–H groups in total. The van der Waals surface area contributed by atoms with Gasteiger partial charge in [-0.3, -0.25) is 9.69 Å². The van der Waals surface area contributed by atoms with Crippen molar-refractivity contribution in [2.75, 3.05) is 26.7 Å². The first-order valence-electron chi connectivity index (χ1n) is 5.06. The number of esters is 1. The molecule has 1 rings (SSSR count). The monoisotopic (exact) mass is 227 g/mol. The maximum Gasteiger partial charge on any atom is 0.319 e. The van der Waals surface area contributed by atoms with Gasteiger partial charge in [0.05, 0.1) is 13.7 Å². The second kappa shape index (κ2) is 6.58. The second-order valence-electron chi connectivity index (χ2n) is 3.33. The number of thiophene rings is 1. The third-order valence-electron chi connectivity index (χ3n) is 2.32. The van der Waals surface area contributed by atoms with Gasteiger partial charge in [0, 0.05) is 6.54 Å². The minimum absolute atomic E-state index is 0.165. The fraction of sp³-hybridized carbons (Fsp3) is 0.545. The van der Waals surface area contributed by atoms with Gasteiger partial charge < -0.3 is 4.74 Å². The Balaban J connectivity index is 2.31. The zero-order valence-electron chi connectivity index (χ0n) is 9.23. The highest BCUT2D eigenvalue weighted by Crippen LogP contribution is 2.07. The molecule has 0 unspecified atom stereocenters. The van der Waals surface area contributed by atoms with Crippen LogP contribution in [0.25, 0.3) is 0 Å². The van der Waals surface area contributed by atoms with Gasteiger partial charge in [0.1, 0.15) is 0 Å². The molecule has 0 aliphatic heterocycles. The maximum absolute atomic E-state index is 11.1. The number of carbonyl (C=O) groups is 1. The normalized spacial score (nSPS) is 10.6. The van der Waals surface area contributed by atoms with Crippen LogP contribution in [0.5, 0.6) is 0 Å². The number of methoxy groups -OCH3 is 1. The van der Waals surface area contributed by atoms with Crippen LogP contribution in [0.2, 0.25) is 0 Å². The molecular formula is C11H17NO2S. The van der Waals surface area contributed by atoms with Crippen LogP contribution in [0.1, 0.15) is 12.5 Å². The molecule has 0 aromatic carbocycles. The van der Waals surface area contributed by atoms with Crippen molar-refractivity contribution in [3.8, 4) is 0 Å². The van der Waals surface area contributed by atoms with Gasteiger partial charge in [-0.05, 0) is 35.4 Å². The summed E-state index contributed by atoms with van der Waals surface area (Å²) in [6, 6.07) is 2.12. The SMILES string of the molecule is CCN(CCc1ccsc1)CC(=O)OC. The van der Waals surface area contributed by atoms with Crippen LogP contribution < -0.4 is 0 Å². The fourth-order valence-electron chi connectivity index (χ4n) is 1.32. The van der Waals surface area contributed by atoms with Gasteiger partial charge in [0.15, 0.2) is 0 Å². The maximum atomic E-state index is 11.1.